The number of ether oxygens (including phenoxy) is 1. The van der Waals surface area contributed by atoms with Crippen LogP contribution in [0.5, 0.6) is 5.75 Å². The van der Waals surface area contributed by atoms with E-state index in [1.807, 2.05) is 24.4 Å². The normalized spacial score (nSPS) is 10.7. The van der Waals surface area contributed by atoms with Crippen molar-refractivity contribution in [2.45, 2.75) is 0 Å². The van der Waals surface area contributed by atoms with Gasteiger partial charge in [0.1, 0.15) is 5.75 Å². The Kier molecular flexibility index (Phi) is 3.72. The number of fused-ring (bicyclic) bond motifs is 1. The molecular weight excluding hydrogens is 294 g/mol. The molecule has 4 aromatic rings. The molecule has 4 rings (SSSR count). The minimum Gasteiger partial charge on any atom is -0.496 e. The third kappa shape index (κ3) is 2.42. The molecule has 2 heteroatoms. The first-order chi connectivity index (χ1) is 11.9. The molecule has 2 nitrogen and oxygen atoms in total. The van der Waals surface area contributed by atoms with Crippen LogP contribution in [0.3, 0.4) is 0 Å². The summed E-state index contributed by atoms with van der Waals surface area (Å²) in [4.78, 5) is 4.62. The second-order valence-electron chi connectivity index (χ2n) is 5.63. The molecule has 116 valence electrons. The van der Waals surface area contributed by atoms with Crippen molar-refractivity contribution < 1.29 is 4.74 Å². The van der Waals surface area contributed by atoms with E-state index in [0.717, 1.165) is 27.8 Å². The van der Waals surface area contributed by atoms with Crippen LogP contribution in [0.1, 0.15) is 0 Å². The Bertz CT molecular complexity index is 993. The molecule has 0 amide bonds. The number of methoxy groups -OCH3 is 1. The van der Waals surface area contributed by atoms with Gasteiger partial charge in [-0.05, 0) is 34.9 Å². The van der Waals surface area contributed by atoms with Crippen molar-refractivity contribution in [2.75, 3.05) is 7.11 Å². The molecule has 0 bridgehead atoms. The van der Waals surface area contributed by atoms with Gasteiger partial charge in [-0.15, -0.1) is 0 Å². The van der Waals surface area contributed by atoms with Crippen molar-refractivity contribution in [1.82, 2.24) is 4.98 Å². The van der Waals surface area contributed by atoms with Crippen LogP contribution in [0, 0.1) is 0 Å². The number of pyridine rings is 1. The van der Waals surface area contributed by atoms with E-state index in [2.05, 4.69) is 65.6 Å². The fraction of sp³-hybridized carbons (Fsp3) is 0.0455. The van der Waals surface area contributed by atoms with Gasteiger partial charge in [0, 0.05) is 11.6 Å². The van der Waals surface area contributed by atoms with Crippen LogP contribution in [0.15, 0.2) is 85.1 Å². The highest BCUT2D eigenvalue weighted by atomic mass is 16.5. The van der Waals surface area contributed by atoms with E-state index in [0.29, 0.717) is 0 Å². The van der Waals surface area contributed by atoms with Gasteiger partial charge in [-0.2, -0.15) is 0 Å². The van der Waals surface area contributed by atoms with Crippen LogP contribution in [0.2, 0.25) is 0 Å². The second-order valence-corrected chi connectivity index (χ2v) is 5.63. The smallest absolute Gasteiger partial charge is 0.128 e. The summed E-state index contributed by atoms with van der Waals surface area (Å²) in [6.07, 6.45) is 1.83. The fourth-order valence-corrected chi connectivity index (χ4v) is 3.13. The van der Waals surface area contributed by atoms with Gasteiger partial charge >= 0.3 is 0 Å². The summed E-state index contributed by atoms with van der Waals surface area (Å²) in [6, 6.07) is 26.9. The molecule has 0 aliphatic heterocycles. The Hall–Kier alpha value is -3.13. The number of nitrogens with zero attached hydrogens (tertiary/aromatic N) is 1. The van der Waals surface area contributed by atoms with Gasteiger partial charge in [-0.1, -0.05) is 60.7 Å². The van der Waals surface area contributed by atoms with Crippen LogP contribution < -0.4 is 4.74 Å². The number of benzene rings is 3. The molecular formula is C22H17NO. The Balaban J connectivity index is 2.06. The van der Waals surface area contributed by atoms with E-state index in [1.54, 1.807) is 7.11 Å². The van der Waals surface area contributed by atoms with Gasteiger partial charge in [0.25, 0.3) is 0 Å². The predicted molar refractivity (Wildman–Crippen MR) is 99.2 cm³/mol. The predicted octanol–water partition coefficient (Wildman–Crippen LogP) is 5.58. The SMILES string of the molecule is COc1ccc2cccnc2c1-c1ccccc1-c1ccccc1. The Morgan fingerprint density at radius 1 is 0.708 bits per heavy atom. The zero-order valence-electron chi connectivity index (χ0n) is 13.4. The van der Waals surface area contributed by atoms with Crippen molar-refractivity contribution in [2.24, 2.45) is 0 Å². The largest absolute Gasteiger partial charge is 0.496 e. The second kappa shape index (κ2) is 6.17. The van der Waals surface area contributed by atoms with E-state index in [9.17, 15) is 0 Å². The number of hydrogen-bond acceptors (Lipinski definition) is 2. The molecule has 0 atom stereocenters. The zero-order valence-corrected chi connectivity index (χ0v) is 13.4. The van der Waals surface area contributed by atoms with Crippen LogP contribution in [0.25, 0.3) is 33.2 Å². The third-order valence-electron chi connectivity index (χ3n) is 4.24. The summed E-state index contributed by atoms with van der Waals surface area (Å²) in [5.74, 6) is 0.838. The molecule has 0 fully saturated rings. The van der Waals surface area contributed by atoms with E-state index in [4.69, 9.17) is 4.74 Å². The van der Waals surface area contributed by atoms with Gasteiger partial charge in [0.15, 0.2) is 0 Å². The minimum atomic E-state index is 0.838. The molecule has 0 saturated carbocycles. The van der Waals surface area contributed by atoms with Gasteiger partial charge in [-0.3, -0.25) is 4.98 Å². The average Bonchev–Trinajstić information content (AvgIpc) is 2.68. The van der Waals surface area contributed by atoms with Crippen molar-refractivity contribution >= 4 is 10.9 Å². The summed E-state index contributed by atoms with van der Waals surface area (Å²) in [6.45, 7) is 0. The van der Waals surface area contributed by atoms with Crippen LogP contribution >= 0.6 is 0 Å². The molecule has 3 aromatic carbocycles. The van der Waals surface area contributed by atoms with E-state index < -0.39 is 0 Å². The summed E-state index contributed by atoms with van der Waals surface area (Å²) >= 11 is 0. The Morgan fingerprint density at radius 3 is 2.25 bits per heavy atom. The lowest BCUT2D eigenvalue weighted by Gasteiger charge is -2.15. The minimum absolute atomic E-state index is 0.838. The first-order valence-electron chi connectivity index (χ1n) is 7.95. The highest BCUT2D eigenvalue weighted by molar-refractivity contribution is 6.01. The highest BCUT2D eigenvalue weighted by Gasteiger charge is 2.15. The lowest BCUT2D eigenvalue weighted by Crippen LogP contribution is -1.93. The molecule has 24 heavy (non-hydrogen) atoms. The van der Waals surface area contributed by atoms with Crippen LogP contribution in [-0.2, 0) is 0 Å². The molecule has 0 unspecified atom stereocenters. The summed E-state index contributed by atoms with van der Waals surface area (Å²) < 4.78 is 5.66. The molecule has 0 spiro atoms. The summed E-state index contributed by atoms with van der Waals surface area (Å²) in [5.41, 5.74) is 5.48. The monoisotopic (exact) mass is 311 g/mol. The van der Waals surface area contributed by atoms with E-state index >= 15 is 0 Å². The first kappa shape index (κ1) is 14.5. The van der Waals surface area contributed by atoms with Crippen molar-refractivity contribution in [1.29, 1.82) is 0 Å². The molecule has 0 saturated heterocycles. The van der Waals surface area contributed by atoms with Crippen LogP contribution in [-0.4, -0.2) is 12.1 Å². The van der Waals surface area contributed by atoms with Crippen LogP contribution in [0.4, 0.5) is 0 Å². The van der Waals surface area contributed by atoms with E-state index in [1.165, 1.54) is 11.1 Å². The third-order valence-corrected chi connectivity index (χ3v) is 4.24. The first-order valence-corrected chi connectivity index (χ1v) is 7.95. The van der Waals surface area contributed by atoms with Crippen molar-refractivity contribution in [3.63, 3.8) is 0 Å². The maximum atomic E-state index is 5.66. The van der Waals surface area contributed by atoms with Crippen molar-refractivity contribution in [3.8, 4) is 28.0 Å². The zero-order chi connectivity index (χ0) is 16.4. The number of rotatable bonds is 3. The quantitative estimate of drug-likeness (QED) is 0.493. The Morgan fingerprint density at radius 2 is 1.46 bits per heavy atom. The topological polar surface area (TPSA) is 22.1 Å². The summed E-state index contributed by atoms with van der Waals surface area (Å²) in [7, 11) is 1.71. The lowest BCUT2D eigenvalue weighted by atomic mass is 9.92. The molecule has 1 heterocycles. The molecule has 0 radical (unpaired) electrons. The standard InChI is InChI=1S/C22H17NO/c1-24-20-14-13-17-10-7-15-23-22(17)21(20)19-12-6-5-11-18(19)16-8-3-2-4-9-16/h2-15H,1H3. The average molecular weight is 311 g/mol. The highest BCUT2D eigenvalue weighted by Crippen LogP contribution is 2.40. The lowest BCUT2D eigenvalue weighted by molar-refractivity contribution is 0.417. The van der Waals surface area contributed by atoms with Gasteiger partial charge in [0.2, 0.25) is 0 Å². The fourth-order valence-electron chi connectivity index (χ4n) is 3.13. The molecule has 0 N–H and O–H groups in total. The van der Waals surface area contributed by atoms with Gasteiger partial charge in [-0.25, -0.2) is 0 Å². The molecule has 0 aliphatic rings. The van der Waals surface area contributed by atoms with Crippen molar-refractivity contribution in [3.05, 3.63) is 85.1 Å². The number of hydrogen-bond donors (Lipinski definition) is 0. The molecule has 0 aliphatic carbocycles. The van der Waals surface area contributed by atoms with Gasteiger partial charge in [0.05, 0.1) is 18.2 Å². The van der Waals surface area contributed by atoms with Gasteiger partial charge < -0.3 is 4.74 Å². The summed E-state index contributed by atoms with van der Waals surface area (Å²) in [5, 5.41) is 1.11. The maximum absolute atomic E-state index is 5.66. The Labute approximate surface area is 141 Å². The molecule has 1 aromatic heterocycles. The van der Waals surface area contributed by atoms with E-state index in [-0.39, 0.29) is 0 Å². The maximum Gasteiger partial charge on any atom is 0.128 e. The number of aromatic nitrogens is 1.